The van der Waals surface area contributed by atoms with Crippen molar-refractivity contribution >= 4 is 5.96 Å². The largest absolute Gasteiger partial charge is 0.370 e. The number of nitrogens with one attached hydrogen (secondary N) is 1. The second kappa shape index (κ2) is 7.61. The zero-order valence-electron chi connectivity index (χ0n) is 13.4. The van der Waals surface area contributed by atoms with E-state index in [1.165, 1.54) is 51.4 Å². The zero-order chi connectivity index (χ0) is 15.2. The molecule has 1 saturated carbocycles. The van der Waals surface area contributed by atoms with Crippen LogP contribution in [0.1, 0.15) is 63.0 Å². The van der Waals surface area contributed by atoms with Gasteiger partial charge in [-0.3, -0.25) is 4.99 Å². The summed E-state index contributed by atoms with van der Waals surface area (Å²) < 4.78 is 2.28. The molecule has 1 aliphatic carbocycles. The van der Waals surface area contributed by atoms with Gasteiger partial charge in [-0.05, 0) is 25.7 Å². The third-order valence-electron chi connectivity index (χ3n) is 4.76. The Balaban J connectivity index is 1.49. The fourth-order valence-corrected chi connectivity index (χ4v) is 3.51. The van der Waals surface area contributed by atoms with E-state index in [0.29, 0.717) is 18.5 Å². The van der Waals surface area contributed by atoms with Gasteiger partial charge < -0.3 is 15.6 Å². The molecule has 122 valence electrons. The van der Waals surface area contributed by atoms with Gasteiger partial charge >= 0.3 is 0 Å². The van der Waals surface area contributed by atoms with Gasteiger partial charge in [0.15, 0.2) is 5.96 Å². The third kappa shape index (κ3) is 3.99. The lowest BCUT2D eigenvalue weighted by Crippen LogP contribution is -2.41. The van der Waals surface area contributed by atoms with Crippen LogP contribution in [0.25, 0.3) is 0 Å². The molecule has 3 N–H and O–H groups in total. The fourth-order valence-electron chi connectivity index (χ4n) is 3.51. The van der Waals surface area contributed by atoms with E-state index in [1.807, 2.05) is 0 Å². The molecule has 1 fully saturated rings. The molecule has 2 heterocycles. The van der Waals surface area contributed by atoms with E-state index in [1.54, 1.807) is 0 Å². The number of aromatic nitrogens is 3. The summed E-state index contributed by atoms with van der Waals surface area (Å²) in [5.41, 5.74) is 6.00. The molecule has 1 aliphatic heterocycles. The Kier molecular flexibility index (Phi) is 5.29. The van der Waals surface area contributed by atoms with Gasteiger partial charge in [0.1, 0.15) is 11.6 Å². The molecule has 0 unspecified atom stereocenters. The Labute approximate surface area is 132 Å². The third-order valence-corrected chi connectivity index (χ3v) is 4.76. The van der Waals surface area contributed by atoms with Crippen molar-refractivity contribution in [2.75, 3.05) is 6.54 Å². The normalized spacial score (nSPS) is 20.5. The van der Waals surface area contributed by atoms with Crippen molar-refractivity contribution in [2.45, 2.75) is 76.8 Å². The van der Waals surface area contributed by atoms with E-state index in [2.05, 4.69) is 25.1 Å². The van der Waals surface area contributed by atoms with Crippen LogP contribution in [-0.4, -0.2) is 33.3 Å². The van der Waals surface area contributed by atoms with Crippen molar-refractivity contribution in [1.82, 2.24) is 20.1 Å². The van der Waals surface area contributed by atoms with Crippen LogP contribution in [0, 0.1) is 0 Å². The van der Waals surface area contributed by atoms with Crippen LogP contribution in [0.15, 0.2) is 4.99 Å². The van der Waals surface area contributed by atoms with Crippen LogP contribution in [0.5, 0.6) is 0 Å². The lowest BCUT2D eigenvalue weighted by Gasteiger charge is -2.23. The van der Waals surface area contributed by atoms with Crippen molar-refractivity contribution in [3.8, 4) is 0 Å². The fraction of sp³-hybridized carbons (Fsp3) is 0.812. The second-order valence-electron chi connectivity index (χ2n) is 6.49. The maximum absolute atomic E-state index is 6.00. The van der Waals surface area contributed by atoms with Gasteiger partial charge in [0.05, 0.1) is 0 Å². The highest BCUT2D eigenvalue weighted by Crippen LogP contribution is 2.17. The average molecular weight is 304 g/mol. The Hall–Kier alpha value is -1.59. The summed E-state index contributed by atoms with van der Waals surface area (Å²) in [5.74, 6) is 2.79. The summed E-state index contributed by atoms with van der Waals surface area (Å²) in [4.78, 5) is 4.47. The minimum Gasteiger partial charge on any atom is -0.370 e. The number of hydrogen-bond donors (Lipinski definition) is 2. The monoisotopic (exact) mass is 304 g/mol. The molecule has 0 amide bonds. The first-order valence-electron chi connectivity index (χ1n) is 8.80. The van der Waals surface area contributed by atoms with Gasteiger partial charge in [-0.15, -0.1) is 10.2 Å². The maximum atomic E-state index is 6.00. The van der Waals surface area contributed by atoms with Gasteiger partial charge in [-0.1, -0.05) is 25.7 Å². The van der Waals surface area contributed by atoms with E-state index in [4.69, 9.17) is 5.73 Å². The number of aryl methyl sites for hydroxylation is 1. The van der Waals surface area contributed by atoms with Gasteiger partial charge in [-0.25, -0.2) is 0 Å². The molecular weight excluding hydrogens is 276 g/mol. The zero-order valence-corrected chi connectivity index (χ0v) is 13.4. The average Bonchev–Trinajstić information content (AvgIpc) is 2.76. The summed E-state index contributed by atoms with van der Waals surface area (Å²) in [6, 6.07) is 0.516. The van der Waals surface area contributed by atoms with Crippen molar-refractivity contribution in [3.63, 3.8) is 0 Å². The van der Waals surface area contributed by atoms with Crippen LogP contribution in [-0.2, 0) is 19.4 Å². The first-order chi connectivity index (χ1) is 10.8. The molecule has 2 aliphatic rings. The Morgan fingerprint density at radius 1 is 1.14 bits per heavy atom. The SMILES string of the molecule is NC(=NCCc1nnc2n1CCCCC2)NC1CCCCC1. The standard InChI is InChI=1S/C16H28N6/c17-16(19-13-7-3-1-4-8-13)18-11-10-15-21-20-14-9-5-2-6-12-22(14)15/h13H,1-12H2,(H3,17,18,19). The number of fused-ring (bicyclic) bond motifs is 1. The van der Waals surface area contributed by atoms with E-state index in [0.717, 1.165) is 31.0 Å². The van der Waals surface area contributed by atoms with Gasteiger partial charge in [0.2, 0.25) is 0 Å². The summed E-state index contributed by atoms with van der Waals surface area (Å²) in [5, 5.41) is 12.0. The quantitative estimate of drug-likeness (QED) is 0.656. The topological polar surface area (TPSA) is 81.1 Å². The van der Waals surface area contributed by atoms with Crippen LogP contribution in [0.3, 0.4) is 0 Å². The van der Waals surface area contributed by atoms with Crippen molar-refractivity contribution in [2.24, 2.45) is 10.7 Å². The molecule has 1 aromatic rings. The summed E-state index contributed by atoms with van der Waals surface area (Å²) >= 11 is 0. The molecule has 0 aromatic carbocycles. The van der Waals surface area contributed by atoms with Gasteiger partial charge in [0.25, 0.3) is 0 Å². The van der Waals surface area contributed by atoms with Gasteiger partial charge in [-0.2, -0.15) is 0 Å². The Morgan fingerprint density at radius 2 is 1.95 bits per heavy atom. The summed E-state index contributed by atoms with van der Waals surface area (Å²) in [7, 11) is 0. The molecule has 1 aromatic heterocycles. The molecule has 0 radical (unpaired) electrons. The second-order valence-corrected chi connectivity index (χ2v) is 6.49. The van der Waals surface area contributed by atoms with Crippen molar-refractivity contribution in [1.29, 1.82) is 0 Å². The summed E-state index contributed by atoms with van der Waals surface area (Å²) in [6.45, 7) is 1.74. The molecule has 0 saturated heterocycles. The highest BCUT2D eigenvalue weighted by molar-refractivity contribution is 5.78. The molecule has 0 atom stereocenters. The minimum atomic E-state index is 0.516. The molecule has 0 bridgehead atoms. The van der Waals surface area contributed by atoms with Crippen molar-refractivity contribution in [3.05, 3.63) is 11.6 Å². The first-order valence-corrected chi connectivity index (χ1v) is 8.80. The van der Waals surface area contributed by atoms with Crippen LogP contribution in [0.2, 0.25) is 0 Å². The van der Waals surface area contributed by atoms with E-state index < -0.39 is 0 Å². The van der Waals surface area contributed by atoms with Crippen LogP contribution >= 0.6 is 0 Å². The predicted octanol–water partition coefficient (Wildman–Crippen LogP) is 1.78. The number of nitrogens with zero attached hydrogens (tertiary/aromatic N) is 4. The number of rotatable bonds is 4. The molecule has 6 nitrogen and oxygen atoms in total. The number of hydrogen-bond acceptors (Lipinski definition) is 3. The molecule has 22 heavy (non-hydrogen) atoms. The van der Waals surface area contributed by atoms with E-state index in [9.17, 15) is 0 Å². The Morgan fingerprint density at radius 3 is 2.82 bits per heavy atom. The number of aliphatic imine (C=N–C) groups is 1. The highest BCUT2D eigenvalue weighted by Gasteiger charge is 2.15. The summed E-state index contributed by atoms with van der Waals surface area (Å²) in [6.07, 6.45) is 12.0. The number of guanidine groups is 1. The lowest BCUT2D eigenvalue weighted by molar-refractivity contribution is 0.412. The first kappa shape index (κ1) is 15.3. The predicted molar refractivity (Wildman–Crippen MR) is 87.8 cm³/mol. The van der Waals surface area contributed by atoms with E-state index >= 15 is 0 Å². The highest BCUT2D eigenvalue weighted by atomic mass is 15.3. The van der Waals surface area contributed by atoms with Crippen LogP contribution < -0.4 is 11.1 Å². The number of nitrogens with two attached hydrogens (primary N) is 1. The molecule has 3 rings (SSSR count). The molecule has 6 heteroatoms. The maximum Gasteiger partial charge on any atom is 0.188 e. The Bertz CT molecular complexity index is 501. The minimum absolute atomic E-state index is 0.516. The van der Waals surface area contributed by atoms with Crippen molar-refractivity contribution < 1.29 is 0 Å². The molecular formula is C16H28N6. The van der Waals surface area contributed by atoms with E-state index in [-0.39, 0.29) is 0 Å². The lowest BCUT2D eigenvalue weighted by atomic mass is 9.96. The molecule has 0 spiro atoms. The van der Waals surface area contributed by atoms with Crippen LogP contribution in [0.4, 0.5) is 0 Å². The van der Waals surface area contributed by atoms with Gasteiger partial charge in [0, 0.05) is 32.0 Å². The smallest absolute Gasteiger partial charge is 0.188 e.